The topological polar surface area (TPSA) is 131 Å². The molecule has 7 heteroatoms. The van der Waals surface area contributed by atoms with Gasteiger partial charge in [-0.3, -0.25) is 0 Å². The molecule has 0 spiro atoms. The Kier molecular flexibility index (Phi) is 3.43. The van der Waals surface area contributed by atoms with Gasteiger partial charge in [0.2, 0.25) is 0 Å². The summed E-state index contributed by atoms with van der Waals surface area (Å²) in [6.07, 6.45) is -7.44. The summed E-state index contributed by atoms with van der Waals surface area (Å²) < 4.78 is 5.26. The van der Waals surface area contributed by atoms with Crippen molar-refractivity contribution in [3.05, 3.63) is 0 Å². The Labute approximate surface area is 97.9 Å². The number of hydrogen-bond acceptors (Lipinski definition) is 7. The van der Waals surface area contributed by atoms with Gasteiger partial charge >= 0.3 is 0 Å². The standard InChI is InChI=1S/C10H18O7/c11-3-6-8(14)9(15)10(16)2-5(13)4(12)1-7(10)17-6/h4-9,11-16H,1-3H2/t4-,5+,6-,7?,8-,9+,10-/m1/s1. The normalized spacial score (nSPS) is 55.4. The van der Waals surface area contributed by atoms with Crippen molar-refractivity contribution in [2.24, 2.45) is 0 Å². The molecule has 1 aliphatic carbocycles. The van der Waals surface area contributed by atoms with Crippen LogP contribution in [-0.4, -0.2) is 79.5 Å². The summed E-state index contributed by atoms with van der Waals surface area (Å²) >= 11 is 0. The average Bonchev–Trinajstić information content (AvgIpc) is 2.28. The van der Waals surface area contributed by atoms with Gasteiger partial charge in [-0.15, -0.1) is 0 Å². The molecule has 100 valence electrons. The second-order valence-electron chi connectivity index (χ2n) is 4.85. The molecular weight excluding hydrogens is 232 g/mol. The molecule has 7 nitrogen and oxygen atoms in total. The molecule has 2 aliphatic rings. The Bertz CT molecular complexity index is 286. The molecule has 7 atom stereocenters. The van der Waals surface area contributed by atoms with Gasteiger partial charge in [-0.05, 0) is 0 Å². The van der Waals surface area contributed by atoms with E-state index in [9.17, 15) is 25.5 Å². The Morgan fingerprint density at radius 1 is 1.12 bits per heavy atom. The van der Waals surface area contributed by atoms with Crippen LogP contribution < -0.4 is 0 Å². The maximum Gasteiger partial charge on any atom is 0.122 e. The molecule has 0 radical (unpaired) electrons. The number of aliphatic hydroxyl groups is 6. The maximum atomic E-state index is 10.2. The predicted molar refractivity (Wildman–Crippen MR) is 54.0 cm³/mol. The van der Waals surface area contributed by atoms with Crippen molar-refractivity contribution in [3.63, 3.8) is 0 Å². The number of rotatable bonds is 1. The summed E-state index contributed by atoms with van der Waals surface area (Å²) in [7, 11) is 0. The van der Waals surface area contributed by atoms with Gasteiger partial charge in [0.15, 0.2) is 0 Å². The average molecular weight is 250 g/mol. The Balaban J connectivity index is 2.23. The Morgan fingerprint density at radius 2 is 1.76 bits per heavy atom. The quantitative estimate of drug-likeness (QED) is 0.287. The Morgan fingerprint density at radius 3 is 2.35 bits per heavy atom. The smallest absolute Gasteiger partial charge is 0.122 e. The molecule has 2 fully saturated rings. The van der Waals surface area contributed by atoms with Gasteiger partial charge in [-0.1, -0.05) is 0 Å². The lowest BCUT2D eigenvalue weighted by Crippen LogP contribution is -2.70. The van der Waals surface area contributed by atoms with Crippen LogP contribution in [0.2, 0.25) is 0 Å². The first-order chi connectivity index (χ1) is 7.90. The fourth-order valence-electron chi connectivity index (χ4n) is 2.61. The maximum absolute atomic E-state index is 10.2. The van der Waals surface area contributed by atoms with E-state index in [1.165, 1.54) is 0 Å². The van der Waals surface area contributed by atoms with E-state index in [0.717, 1.165) is 0 Å². The zero-order chi connectivity index (χ0) is 12.8. The molecule has 17 heavy (non-hydrogen) atoms. The molecule has 2 rings (SSSR count). The molecule has 1 heterocycles. The summed E-state index contributed by atoms with van der Waals surface area (Å²) in [4.78, 5) is 0. The van der Waals surface area contributed by atoms with Crippen LogP contribution in [0.25, 0.3) is 0 Å². The van der Waals surface area contributed by atoms with E-state index in [2.05, 4.69) is 0 Å². The van der Waals surface area contributed by atoms with Gasteiger partial charge in [0.05, 0.1) is 24.9 Å². The minimum atomic E-state index is -1.80. The van der Waals surface area contributed by atoms with Gasteiger partial charge in [-0.25, -0.2) is 0 Å². The van der Waals surface area contributed by atoms with E-state index in [-0.39, 0.29) is 12.8 Å². The summed E-state index contributed by atoms with van der Waals surface area (Å²) in [5, 5.41) is 57.7. The molecule has 1 saturated heterocycles. The monoisotopic (exact) mass is 250 g/mol. The second-order valence-corrected chi connectivity index (χ2v) is 4.85. The first-order valence-electron chi connectivity index (χ1n) is 5.61. The lowest BCUT2D eigenvalue weighted by atomic mass is 9.71. The zero-order valence-corrected chi connectivity index (χ0v) is 9.18. The van der Waals surface area contributed by atoms with Gasteiger partial charge < -0.3 is 35.4 Å². The summed E-state index contributed by atoms with van der Waals surface area (Å²) in [5.74, 6) is 0. The first-order valence-corrected chi connectivity index (χ1v) is 5.61. The minimum Gasteiger partial charge on any atom is -0.394 e. The van der Waals surface area contributed by atoms with Crippen molar-refractivity contribution in [2.45, 2.75) is 55.1 Å². The lowest BCUT2D eigenvalue weighted by molar-refractivity contribution is -0.301. The molecule has 0 amide bonds. The highest BCUT2D eigenvalue weighted by Gasteiger charge is 2.58. The van der Waals surface area contributed by atoms with Gasteiger partial charge in [0.25, 0.3) is 0 Å². The highest BCUT2D eigenvalue weighted by atomic mass is 16.5. The second kappa shape index (κ2) is 4.43. The third-order valence-electron chi connectivity index (χ3n) is 3.73. The van der Waals surface area contributed by atoms with E-state index >= 15 is 0 Å². The SMILES string of the molecule is OC[C@H]1OC2C[C@@H](O)[C@@H](O)C[C@]2(O)[C@@H](O)[C@@H]1O. The predicted octanol–water partition coefficient (Wildman–Crippen LogP) is -3.29. The van der Waals surface area contributed by atoms with Crippen LogP contribution in [0.4, 0.5) is 0 Å². The molecular formula is C10H18O7. The highest BCUT2D eigenvalue weighted by molar-refractivity contribution is 5.08. The van der Waals surface area contributed by atoms with E-state index in [1.807, 2.05) is 0 Å². The molecule has 6 N–H and O–H groups in total. The first kappa shape index (κ1) is 13.2. The molecule has 1 aliphatic heterocycles. The highest BCUT2D eigenvalue weighted by Crippen LogP contribution is 2.39. The van der Waals surface area contributed by atoms with Crippen LogP contribution in [0.5, 0.6) is 0 Å². The zero-order valence-electron chi connectivity index (χ0n) is 9.18. The summed E-state index contributed by atoms with van der Waals surface area (Å²) in [6.45, 7) is -0.497. The van der Waals surface area contributed by atoms with E-state index in [0.29, 0.717) is 0 Å². The molecule has 0 aromatic heterocycles. The fourth-order valence-corrected chi connectivity index (χ4v) is 2.61. The number of fused-ring (bicyclic) bond motifs is 1. The van der Waals surface area contributed by atoms with E-state index in [4.69, 9.17) is 9.84 Å². The van der Waals surface area contributed by atoms with Crippen LogP contribution in [-0.2, 0) is 4.74 Å². The lowest BCUT2D eigenvalue weighted by Gasteiger charge is -2.52. The molecule has 1 unspecified atom stereocenters. The summed E-state index contributed by atoms with van der Waals surface area (Å²) in [5.41, 5.74) is -1.80. The summed E-state index contributed by atoms with van der Waals surface area (Å²) in [6, 6.07) is 0. The van der Waals surface area contributed by atoms with Crippen LogP contribution in [0, 0.1) is 0 Å². The van der Waals surface area contributed by atoms with Crippen molar-refractivity contribution in [3.8, 4) is 0 Å². The van der Waals surface area contributed by atoms with Crippen LogP contribution >= 0.6 is 0 Å². The van der Waals surface area contributed by atoms with Crippen LogP contribution in [0.1, 0.15) is 12.8 Å². The molecule has 0 aromatic carbocycles. The fraction of sp³-hybridized carbons (Fsp3) is 1.00. The van der Waals surface area contributed by atoms with Crippen molar-refractivity contribution in [1.29, 1.82) is 0 Å². The number of ether oxygens (including phenoxy) is 1. The van der Waals surface area contributed by atoms with Gasteiger partial charge in [-0.2, -0.15) is 0 Å². The molecule has 1 saturated carbocycles. The molecule has 0 aromatic rings. The minimum absolute atomic E-state index is 0.0576. The van der Waals surface area contributed by atoms with Crippen LogP contribution in [0.3, 0.4) is 0 Å². The Hall–Kier alpha value is -0.280. The van der Waals surface area contributed by atoms with Crippen molar-refractivity contribution in [2.75, 3.05) is 6.61 Å². The molecule has 0 bridgehead atoms. The van der Waals surface area contributed by atoms with E-state index < -0.39 is 48.8 Å². The largest absolute Gasteiger partial charge is 0.394 e. The van der Waals surface area contributed by atoms with Crippen molar-refractivity contribution in [1.82, 2.24) is 0 Å². The third-order valence-corrected chi connectivity index (χ3v) is 3.73. The number of hydrogen-bond donors (Lipinski definition) is 6. The van der Waals surface area contributed by atoms with E-state index in [1.54, 1.807) is 0 Å². The van der Waals surface area contributed by atoms with Gasteiger partial charge in [0.1, 0.15) is 23.9 Å². The van der Waals surface area contributed by atoms with Crippen molar-refractivity contribution >= 4 is 0 Å². The van der Waals surface area contributed by atoms with Gasteiger partial charge in [0, 0.05) is 12.8 Å². The van der Waals surface area contributed by atoms with Crippen LogP contribution in [0.15, 0.2) is 0 Å². The van der Waals surface area contributed by atoms with Crippen molar-refractivity contribution < 1.29 is 35.4 Å². The third kappa shape index (κ3) is 1.97. The number of aliphatic hydroxyl groups excluding tert-OH is 5.